The van der Waals surface area contributed by atoms with Crippen LogP contribution in [0.15, 0.2) is 42.5 Å². The molecule has 164 valence electrons. The van der Waals surface area contributed by atoms with Crippen molar-refractivity contribution >= 4 is 27.7 Å². The molecule has 0 radical (unpaired) electrons. The van der Waals surface area contributed by atoms with E-state index >= 15 is 0 Å². The van der Waals surface area contributed by atoms with Crippen molar-refractivity contribution in [2.75, 3.05) is 13.2 Å². The zero-order valence-electron chi connectivity index (χ0n) is 19.3. The number of carbonyl (C=O) groups excluding carboxylic acids is 1. The van der Waals surface area contributed by atoms with E-state index in [1.165, 1.54) is 44.2 Å². The molecule has 4 aromatic rings. The minimum Gasteiger partial charge on any atom is -0.382 e. The number of hydrogen-bond donors (Lipinski definition) is 1. The SMILES string of the molecule is CCOCCCn1c2ccc(C)cc2c2c3c(c(-c4ccccc4C)c(C)c21)CNC3=O. The molecule has 1 aliphatic heterocycles. The maximum Gasteiger partial charge on any atom is 0.252 e. The zero-order valence-corrected chi connectivity index (χ0v) is 19.3. The molecule has 0 bridgehead atoms. The van der Waals surface area contributed by atoms with Gasteiger partial charge in [-0.25, -0.2) is 0 Å². The number of aryl methyl sites for hydroxylation is 4. The lowest BCUT2D eigenvalue weighted by Gasteiger charge is -2.17. The van der Waals surface area contributed by atoms with Crippen LogP contribution in [0, 0.1) is 20.8 Å². The van der Waals surface area contributed by atoms with Gasteiger partial charge >= 0.3 is 0 Å². The second kappa shape index (κ2) is 8.10. The predicted molar refractivity (Wildman–Crippen MR) is 131 cm³/mol. The van der Waals surface area contributed by atoms with Gasteiger partial charge in [0.1, 0.15) is 0 Å². The summed E-state index contributed by atoms with van der Waals surface area (Å²) in [7, 11) is 0. The fourth-order valence-electron chi connectivity index (χ4n) is 5.34. The number of benzene rings is 3. The third kappa shape index (κ3) is 3.13. The molecule has 0 spiro atoms. The number of hydrogen-bond acceptors (Lipinski definition) is 2. The van der Waals surface area contributed by atoms with E-state index in [-0.39, 0.29) is 5.91 Å². The van der Waals surface area contributed by atoms with Crippen LogP contribution >= 0.6 is 0 Å². The summed E-state index contributed by atoms with van der Waals surface area (Å²) < 4.78 is 8.04. The van der Waals surface area contributed by atoms with Crippen LogP contribution in [-0.2, 0) is 17.8 Å². The van der Waals surface area contributed by atoms with Crippen molar-refractivity contribution < 1.29 is 9.53 Å². The topological polar surface area (TPSA) is 43.3 Å². The molecule has 4 heteroatoms. The third-order valence-corrected chi connectivity index (χ3v) is 6.74. The van der Waals surface area contributed by atoms with E-state index in [0.717, 1.165) is 42.7 Å². The zero-order chi connectivity index (χ0) is 22.4. The number of nitrogens with zero attached hydrogens (tertiary/aromatic N) is 1. The minimum atomic E-state index is 0.0368. The number of rotatable bonds is 6. The lowest BCUT2D eigenvalue weighted by atomic mass is 9.87. The molecule has 1 N–H and O–H groups in total. The summed E-state index contributed by atoms with van der Waals surface area (Å²) in [5.41, 5.74) is 10.4. The van der Waals surface area contributed by atoms with Crippen LogP contribution in [0.4, 0.5) is 0 Å². The van der Waals surface area contributed by atoms with E-state index in [0.29, 0.717) is 6.54 Å². The van der Waals surface area contributed by atoms with Crippen LogP contribution in [0.1, 0.15) is 46.0 Å². The van der Waals surface area contributed by atoms with Gasteiger partial charge in [-0.2, -0.15) is 0 Å². The number of ether oxygens (including phenoxy) is 1. The van der Waals surface area contributed by atoms with Gasteiger partial charge in [0.2, 0.25) is 0 Å². The van der Waals surface area contributed by atoms with Gasteiger partial charge in [0, 0.05) is 42.6 Å². The Hall–Kier alpha value is -3.11. The van der Waals surface area contributed by atoms with Crippen LogP contribution in [0.3, 0.4) is 0 Å². The van der Waals surface area contributed by atoms with E-state index in [4.69, 9.17) is 4.74 Å². The number of amides is 1. The summed E-state index contributed by atoms with van der Waals surface area (Å²) >= 11 is 0. The van der Waals surface area contributed by atoms with Crippen LogP contribution in [0.25, 0.3) is 32.9 Å². The molecule has 0 unspecified atom stereocenters. The molecule has 1 aromatic heterocycles. The second-order valence-corrected chi connectivity index (χ2v) is 8.80. The Kier molecular flexibility index (Phi) is 5.26. The maximum atomic E-state index is 13.2. The highest BCUT2D eigenvalue weighted by atomic mass is 16.5. The Morgan fingerprint density at radius 1 is 1.06 bits per heavy atom. The van der Waals surface area contributed by atoms with Crippen molar-refractivity contribution in [3.8, 4) is 11.1 Å². The van der Waals surface area contributed by atoms with Gasteiger partial charge in [-0.1, -0.05) is 35.9 Å². The molecule has 0 saturated heterocycles. The summed E-state index contributed by atoms with van der Waals surface area (Å²) in [5.74, 6) is 0.0368. The standard InChI is InChI=1S/C28H30N2O2/c1-5-32-14-8-13-30-23-12-11-17(2)15-21(23)25-26-22(16-29-28(26)31)24(19(4)27(25)30)20-10-7-6-9-18(20)3/h6-7,9-12,15H,5,8,13-14,16H2,1-4H3,(H,29,31). The quantitative estimate of drug-likeness (QED) is 0.381. The number of fused-ring (bicyclic) bond motifs is 5. The first-order chi connectivity index (χ1) is 15.5. The Morgan fingerprint density at radius 3 is 2.66 bits per heavy atom. The molecular formula is C28H30N2O2. The van der Waals surface area contributed by atoms with Crippen LogP contribution in [-0.4, -0.2) is 23.7 Å². The summed E-state index contributed by atoms with van der Waals surface area (Å²) in [6.07, 6.45) is 0.934. The highest BCUT2D eigenvalue weighted by Crippen LogP contribution is 2.44. The number of carbonyl (C=O) groups is 1. The fraction of sp³-hybridized carbons (Fsp3) is 0.321. The van der Waals surface area contributed by atoms with Crippen molar-refractivity contribution in [1.82, 2.24) is 9.88 Å². The lowest BCUT2D eigenvalue weighted by Crippen LogP contribution is -2.12. The minimum absolute atomic E-state index is 0.0368. The van der Waals surface area contributed by atoms with Gasteiger partial charge in [0.15, 0.2) is 0 Å². The first kappa shape index (κ1) is 20.8. The van der Waals surface area contributed by atoms with Gasteiger partial charge in [-0.3, -0.25) is 4.79 Å². The van der Waals surface area contributed by atoms with Crippen LogP contribution in [0.2, 0.25) is 0 Å². The molecule has 5 rings (SSSR count). The summed E-state index contributed by atoms with van der Waals surface area (Å²) in [4.78, 5) is 13.2. The van der Waals surface area contributed by atoms with Gasteiger partial charge in [0.05, 0.1) is 11.1 Å². The van der Waals surface area contributed by atoms with Crippen molar-refractivity contribution in [3.63, 3.8) is 0 Å². The average molecular weight is 427 g/mol. The largest absolute Gasteiger partial charge is 0.382 e. The smallest absolute Gasteiger partial charge is 0.252 e. The van der Waals surface area contributed by atoms with E-state index in [1.807, 2.05) is 6.92 Å². The Bertz CT molecular complexity index is 1360. The van der Waals surface area contributed by atoms with Gasteiger partial charge in [-0.15, -0.1) is 0 Å². The monoisotopic (exact) mass is 426 g/mol. The molecule has 4 nitrogen and oxygen atoms in total. The van der Waals surface area contributed by atoms with Crippen molar-refractivity contribution in [1.29, 1.82) is 0 Å². The Balaban J connectivity index is 1.89. The molecule has 0 fully saturated rings. The molecule has 0 saturated carbocycles. The van der Waals surface area contributed by atoms with Gasteiger partial charge in [-0.05, 0) is 74.1 Å². The van der Waals surface area contributed by atoms with Crippen LogP contribution in [0.5, 0.6) is 0 Å². The van der Waals surface area contributed by atoms with Crippen LogP contribution < -0.4 is 5.32 Å². The fourth-order valence-corrected chi connectivity index (χ4v) is 5.34. The van der Waals surface area contributed by atoms with Crippen molar-refractivity contribution in [3.05, 3.63) is 70.3 Å². The average Bonchev–Trinajstić information content (AvgIpc) is 3.30. The Labute approximate surface area is 189 Å². The number of nitrogens with one attached hydrogen (secondary N) is 1. The third-order valence-electron chi connectivity index (χ3n) is 6.74. The van der Waals surface area contributed by atoms with Crippen molar-refractivity contribution in [2.24, 2.45) is 0 Å². The lowest BCUT2D eigenvalue weighted by molar-refractivity contribution is 0.0967. The van der Waals surface area contributed by atoms with Gasteiger partial charge < -0.3 is 14.6 Å². The summed E-state index contributed by atoms with van der Waals surface area (Å²) in [5, 5.41) is 5.38. The highest BCUT2D eigenvalue weighted by molar-refractivity contribution is 6.22. The molecule has 1 amide bonds. The molecule has 0 atom stereocenters. The highest BCUT2D eigenvalue weighted by Gasteiger charge is 2.31. The summed E-state index contributed by atoms with van der Waals surface area (Å²) in [6, 6.07) is 15.1. The first-order valence-corrected chi connectivity index (χ1v) is 11.5. The van der Waals surface area contributed by atoms with E-state index < -0.39 is 0 Å². The molecule has 32 heavy (non-hydrogen) atoms. The molecule has 2 heterocycles. The Morgan fingerprint density at radius 2 is 1.88 bits per heavy atom. The first-order valence-electron chi connectivity index (χ1n) is 11.5. The molecule has 3 aromatic carbocycles. The normalized spacial score (nSPS) is 13.2. The maximum absolute atomic E-state index is 13.2. The van der Waals surface area contributed by atoms with Crippen molar-refractivity contribution in [2.45, 2.75) is 47.2 Å². The second-order valence-electron chi connectivity index (χ2n) is 8.80. The van der Waals surface area contributed by atoms with E-state index in [9.17, 15) is 4.79 Å². The molecule has 1 aliphatic rings. The molecular weight excluding hydrogens is 396 g/mol. The summed E-state index contributed by atoms with van der Waals surface area (Å²) in [6.45, 7) is 11.4. The van der Waals surface area contributed by atoms with Gasteiger partial charge in [0.25, 0.3) is 5.91 Å². The predicted octanol–water partition coefficient (Wildman–Crippen LogP) is 6.06. The van der Waals surface area contributed by atoms with E-state index in [2.05, 4.69) is 73.1 Å². The molecule has 0 aliphatic carbocycles. The number of aromatic nitrogens is 1. The van der Waals surface area contributed by atoms with E-state index in [1.54, 1.807) is 0 Å².